The molecule has 1 N–H and O–H groups in total. The highest BCUT2D eigenvalue weighted by molar-refractivity contribution is 5.84. The number of carbonyl (C=O) groups excluding carboxylic acids is 1. The Kier molecular flexibility index (Phi) is 3.43. The van der Waals surface area contributed by atoms with Crippen molar-refractivity contribution in [2.45, 2.75) is 56.4 Å². The van der Waals surface area contributed by atoms with Crippen LogP contribution in [-0.4, -0.2) is 27.2 Å². The van der Waals surface area contributed by atoms with Crippen LogP contribution in [0.4, 0.5) is 0 Å². The first-order valence-electron chi connectivity index (χ1n) is 9.52. The second kappa shape index (κ2) is 5.68. The Morgan fingerprint density at radius 3 is 3.08 bits per heavy atom. The van der Waals surface area contributed by atoms with Crippen molar-refractivity contribution >= 4 is 5.91 Å². The molecular formula is C20H24N4O. The zero-order chi connectivity index (χ0) is 16.9. The van der Waals surface area contributed by atoms with Crippen LogP contribution in [0, 0.1) is 5.92 Å². The first-order chi connectivity index (χ1) is 12.3. The monoisotopic (exact) mass is 336 g/mol. The van der Waals surface area contributed by atoms with Crippen LogP contribution in [0.25, 0.3) is 0 Å². The molecule has 25 heavy (non-hydrogen) atoms. The van der Waals surface area contributed by atoms with Crippen LogP contribution in [0.2, 0.25) is 0 Å². The van der Waals surface area contributed by atoms with Crippen LogP contribution in [0.3, 0.4) is 0 Å². The molecule has 1 aromatic heterocycles. The number of rotatable bonds is 5. The third-order valence-corrected chi connectivity index (χ3v) is 6.25. The van der Waals surface area contributed by atoms with Crippen molar-refractivity contribution in [1.82, 2.24) is 20.1 Å². The first-order valence-corrected chi connectivity index (χ1v) is 9.52. The number of amides is 1. The standard InChI is InChI=1S/C20H24N4O/c25-19(21-11-9-18-23-22-13-24(18)15-7-8-15)17-12-20(17)10-3-5-14-4-1-2-6-16(14)20/h1-2,4,6,13,15,17H,3,5,7-12H2,(H,21,25)/t17-,20-/m1/s1. The van der Waals surface area contributed by atoms with Gasteiger partial charge in [0.1, 0.15) is 12.2 Å². The lowest BCUT2D eigenvalue weighted by molar-refractivity contribution is -0.122. The van der Waals surface area contributed by atoms with Gasteiger partial charge >= 0.3 is 0 Å². The van der Waals surface area contributed by atoms with Crippen LogP contribution in [0.1, 0.15) is 55.1 Å². The van der Waals surface area contributed by atoms with Crippen molar-refractivity contribution < 1.29 is 4.79 Å². The molecule has 0 bridgehead atoms. The molecule has 0 aliphatic heterocycles. The van der Waals surface area contributed by atoms with E-state index in [9.17, 15) is 4.79 Å². The molecule has 2 atom stereocenters. The zero-order valence-corrected chi connectivity index (χ0v) is 14.4. The SMILES string of the molecule is O=C(NCCc1nncn1C1CC1)[C@H]1C[C@@]12CCCc1ccccc12. The fourth-order valence-electron chi connectivity index (χ4n) is 4.70. The maximum atomic E-state index is 12.7. The lowest BCUT2D eigenvalue weighted by atomic mass is 9.78. The molecule has 2 saturated carbocycles. The van der Waals surface area contributed by atoms with Crippen molar-refractivity contribution in [2.75, 3.05) is 6.54 Å². The van der Waals surface area contributed by atoms with Gasteiger partial charge in [0.15, 0.2) is 0 Å². The first kappa shape index (κ1) is 15.1. The summed E-state index contributed by atoms with van der Waals surface area (Å²) in [5.74, 6) is 1.36. The maximum absolute atomic E-state index is 12.7. The Bertz CT molecular complexity index is 810. The molecule has 0 radical (unpaired) electrons. The van der Waals surface area contributed by atoms with Crippen LogP contribution in [-0.2, 0) is 23.1 Å². The Labute approximate surface area is 147 Å². The van der Waals surface area contributed by atoms with E-state index in [2.05, 4.69) is 44.3 Å². The minimum absolute atomic E-state index is 0.118. The predicted molar refractivity (Wildman–Crippen MR) is 94.2 cm³/mol. The minimum Gasteiger partial charge on any atom is -0.355 e. The molecule has 0 saturated heterocycles. The van der Waals surface area contributed by atoms with Gasteiger partial charge < -0.3 is 9.88 Å². The average molecular weight is 336 g/mol. The largest absolute Gasteiger partial charge is 0.355 e. The van der Waals surface area contributed by atoms with E-state index in [1.165, 1.54) is 30.4 Å². The summed E-state index contributed by atoms with van der Waals surface area (Å²) in [5.41, 5.74) is 2.99. The van der Waals surface area contributed by atoms with Crippen LogP contribution >= 0.6 is 0 Å². The van der Waals surface area contributed by atoms with Crippen molar-refractivity contribution in [2.24, 2.45) is 5.92 Å². The van der Waals surface area contributed by atoms with Crippen molar-refractivity contribution in [3.8, 4) is 0 Å². The number of aryl methyl sites for hydroxylation is 1. The third kappa shape index (κ3) is 2.57. The summed E-state index contributed by atoms with van der Waals surface area (Å²) >= 11 is 0. The van der Waals surface area contributed by atoms with Gasteiger partial charge in [0, 0.05) is 30.3 Å². The molecular weight excluding hydrogens is 312 g/mol. The smallest absolute Gasteiger partial charge is 0.224 e. The molecule has 5 rings (SSSR count). The topological polar surface area (TPSA) is 59.8 Å². The van der Waals surface area contributed by atoms with Crippen molar-refractivity contribution in [3.05, 3.63) is 47.5 Å². The summed E-state index contributed by atoms with van der Waals surface area (Å²) < 4.78 is 2.17. The lowest BCUT2D eigenvalue weighted by Crippen LogP contribution is -2.31. The summed E-state index contributed by atoms with van der Waals surface area (Å²) in [4.78, 5) is 12.7. The highest BCUT2D eigenvalue weighted by atomic mass is 16.2. The lowest BCUT2D eigenvalue weighted by Gasteiger charge is -2.26. The van der Waals surface area contributed by atoms with E-state index < -0.39 is 0 Å². The fourth-order valence-corrected chi connectivity index (χ4v) is 4.70. The van der Waals surface area contributed by atoms with E-state index in [1.54, 1.807) is 0 Å². The van der Waals surface area contributed by atoms with E-state index in [0.29, 0.717) is 12.6 Å². The summed E-state index contributed by atoms with van der Waals surface area (Å²) in [5, 5.41) is 11.4. The number of fused-ring (bicyclic) bond motifs is 2. The molecule has 1 aromatic carbocycles. The summed E-state index contributed by atoms with van der Waals surface area (Å²) in [6, 6.07) is 9.29. The van der Waals surface area contributed by atoms with Gasteiger partial charge in [-0.2, -0.15) is 0 Å². The van der Waals surface area contributed by atoms with Gasteiger partial charge in [-0.25, -0.2) is 0 Å². The Balaban J connectivity index is 1.21. The highest BCUT2D eigenvalue weighted by Gasteiger charge is 2.59. The number of nitrogens with zero attached hydrogens (tertiary/aromatic N) is 3. The third-order valence-electron chi connectivity index (χ3n) is 6.25. The van der Waals surface area contributed by atoms with Gasteiger partial charge in [0.05, 0.1) is 0 Å². The van der Waals surface area contributed by atoms with Crippen LogP contribution in [0.5, 0.6) is 0 Å². The number of aromatic nitrogens is 3. The molecule has 5 nitrogen and oxygen atoms in total. The van der Waals surface area contributed by atoms with E-state index >= 15 is 0 Å². The number of nitrogens with one attached hydrogen (secondary N) is 1. The molecule has 3 aliphatic carbocycles. The van der Waals surface area contributed by atoms with E-state index in [0.717, 1.165) is 31.5 Å². The molecule has 3 aliphatic rings. The van der Waals surface area contributed by atoms with Crippen LogP contribution in [0.15, 0.2) is 30.6 Å². The molecule has 1 amide bonds. The number of benzene rings is 1. The molecule has 5 heteroatoms. The Hall–Kier alpha value is -2.17. The van der Waals surface area contributed by atoms with Crippen molar-refractivity contribution in [1.29, 1.82) is 0 Å². The molecule has 2 fully saturated rings. The Morgan fingerprint density at radius 2 is 2.20 bits per heavy atom. The molecule has 0 unspecified atom stereocenters. The van der Waals surface area contributed by atoms with Gasteiger partial charge in [-0.3, -0.25) is 4.79 Å². The molecule has 1 spiro atoms. The van der Waals surface area contributed by atoms with Crippen LogP contribution < -0.4 is 5.32 Å². The van der Waals surface area contributed by atoms with Gasteiger partial charge in [0.2, 0.25) is 5.91 Å². The maximum Gasteiger partial charge on any atom is 0.224 e. The summed E-state index contributed by atoms with van der Waals surface area (Å²) in [6.45, 7) is 0.651. The number of hydrogen-bond acceptors (Lipinski definition) is 3. The molecule has 130 valence electrons. The second-order valence-corrected chi connectivity index (χ2v) is 7.85. The average Bonchev–Trinajstić information content (AvgIpc) is 3.55. The quantitative estimate of drug-likeness (QED) is 0.913. The second-order valence-electron chi connectivity index (χ2n) is 7.85. The van der Waals surface area contributed by atoms with Gasteiger partial charge in [0.25, 0.3) is 0 Å². The summed E-state index contributed by atoms with van der Waals surface area (Å²) in [6.07, 6.45) is 9.55. The van der Waals surface area contributed by atoms with E-state index in [-0.39, 0.29) is 17.2 Å². The number of hydrogen-bond donors (Lipinski definition) is 1. The molecule has 1 heterocycles. The van der Waals surface area contributed by atoms with E-state index in [4.69, 9.17) is 0 Å². The van der Waals surface area contributed by atoms with Crippen molar-refractivity contribution in [3.63, 3.8) is 0 Å². The van der Waals surface area contributed by atoms with Gasteiger partial charge in [-0.1, -0.05) is 24.3 Å². The minimum atomic E-state index is 0.118. The normalized spacial score (nSPS) is 27.1. The Morgan fingerprint density at radius 1 is 1.32 bits per heavy atom. The van der Waals surface area contributed by atoms with Gasteiger partial charge in [-0.05, 0) is 49.7 Å². The molecule has 2 aromatic rings. The zero-order valence-electron chi connectivity index (χ0n) is 14.4. The van der Waals surface area contributed by atoms with Gasteiger partial charge in [-0.15, -0.1) is 10.2 Å². The predicted octanol–water partition coefficient (Wildman–Crippen LogP) is 2.57. The fraction of sp³-hybridized carbons (Fsp3) is 0.550. The van der Waals surface area contributed by atoms with E-state index in [1.807, 2.05) is 6.33 Å². The number of carbonyl (C=O) groups is 1. The highest BCUT2D eigenvalue weighted by Crippen LogP contribution is 2.60. The summed E-state index contributed by atoms with van der Waals surface area (Å²) in [7, 11) is 0.